The number of hydrogen-bond acceptors (Lipinski definition) is 5. The number of urea groups is 1. The van der Waals surface area contributed by atoms with E-state index in [1.165, 1.54) is 11.0 Å². The van der Waals surface area contributed by atoms with Crippen LogP contribution in [0, 0.1) is 11.3 Å². The van der Waals surface area contributed by atoms with Gasteiger partial charge < -0.3 is 10.6 Å². The van der Waals surface area contributed by atoms with Crippen molar-refractivity contribution in [2.75, 3.05) is 6.54 Å². The van der Waals surface area contributed by atoms with Gasteiger partial charge in [-0.2, -0.15) is 9.90 Å². The molecule has 1 saturated carbocycles. The van der Waals surface area contributed by atoms with Crippen LogP contribution in [0.3, 0.4) is 0 Å². The first kappa shape index (κ1) is 17.2. The van der Waals surface area contributed by atoms with E-state index in [2.05, 4.69) is 26.1 Å². The van der Waals surface area contributed by atoms with Gasteiger partial charge in [0.15, 0.2) is 5.69 Å². The summed E-state index contributed by atoms with van der Waals surface area (Å²) in [6.45, 7) is 4.06. The van der Waals surface area contributed by atoms with Gasteiger partial charge in [-0.25, -0.2) is 4.79 Å². The van der Waals surface area contributed by atoms with E-state index in [0.717, 1.165) is 12.1 Å². The number of aromatic nitrogens is 3. The van der Waals surface area contributed by atoms with Gasteiger partial charge in [-0.05, 0) is 29.9 Å². The summed E-state index contributed by atoms with van der Waals surface area (Å²) in [6, 6.07) is 8.68. The zero-order valence-corrected chi connectivity index (χ0v) is 15.0. The fraction of sp³-hybridized carbons (Fsp3) is 0.389. The van der Waals surface area contributed by atoms with Crippen LogP contribution >= 0.6 is 0 Å². The molecular weight excluding hydrogens is 348 g/mol. The topological polar surface area (TPSA) is 118 Å². The Labute approximate surface area is 155 Å². The van der Waals surface area contributed by atoms with Gasteiger partial charge in [-0.3, -0.25) is 14.9 Å². The predicted octanol–water partition coefficient (Wildman–Crippen LogP) is 0.621. The van der Waals surface area contributed by atoms with Gasteiger partial charge in [-0.15, -0.1) is 5.10 Å². The molecule has 1 aliphatic carbocycles. The molecule has 2 aromatic rings. The molecule has 4 amide bonds. The summed E-state index contributed by atoms with van der Waals surface area (Å²) in [5, 5.41) is 16.0. The summed E-state index contributed by atoms with van der Waals surface area (Å²) in [5.74, 6) is -0.906. The maximum atomic E-state index is 12.5. The van der Waals surface area contributed by atoms with Gasteiger partial charge in [0.2, 0.25) is 0 Å². The molecule has 2 fully saturated rings. The van der Waals surface area contributed by atoms with Crippen molar-refractivity contribution in [3.63, 3.8) is 0 Å². The van der Waals surface area contributed by atoms with Crippen LogP contribution in [0.1, 0.15) is 30.8 Å². The third kappa shape index (κ3) is 2.94. The third-order valence-corrected chi connectivity index (χ3v) is 5.32. The lowest BCUT2D eigenvalue weighted by Gasteiger charge is -2.28. The highest BCUT2D eigenvalue weighted by Crippen LogP contribution is 2.57. The lowest BCUT2D eigenvalue weighted by atomic mass is 9.88. The van der Waals surface area contributed by atoms with Crippen molar-refractivity contribution in [1.29, 1.82) is 0 Å². The molecule has 2 heterocycles. The fourth-order valence-electron chi connectivity index (χ4n) is 3.67. The molecule has 1 aliphatic heterocycles. The molecular formula is C18H20N6O3. The van der Waals surface area contributed by atoms with Crippen LogP contribution in [0.5, 0.6) is 0 Å². The van der Waals surface area contributed by atoms with E-state index >= 15 is 0 Å². The molecule has 1 aromatic carbocycles. The quantitative estimate of drug-likeness (QED) is 0.669. The highest BCUT2D eigenvalue weighted by molar-refractivity contribution is 6.08. The van der Waals surface area contributed by atoms with Crippen molar-refractivity contribution in [2.45, 2.75) is 25.8 Å². The highest BCUT2D eigenvalue weighted by atomic mass is 16.2. The Morgan fingerprint density at radius 1 is 1.30 bits per heavy atom. The van der Waals surface area contributed by atoms with E-state index in [1.807, 2.05) is 44.2 Å². The molecule has 1 unspecified atom stereocenters. The lowest BCUT2D eigenvalue weighted by Crippen LogP contribution is -2.57. The minimum atomic E-state index is -1.13. The second kappa shape index (κ2) is 5.90. The van der Waals surface area contributed by atoms with Gasteiger partial charge in [0, 0.05) is 0 Å². The minimum Gasteiger partial charge on any atom is -0.348 e. The number of benzene rings is 1. The summed E-state index contributed by atoms with van der Waals surface area (Å²) >= 11 is 0. The standard InChI is InChI=1S/C18H20N6O3/c1-17(2)8-13(17)18(15(26)21-16(27)22-18)10-19-14(25)12-9-20-24(23-12)11-6-4-3-5-7-11/h3-7,9,13H,8,10H2,1-2H3,(H,19,25)(H2,21,22,26,27)/t13-,18?/m1/s1. The molecule has 27 heavy (non-hydrogen) atoms. The van der Waals surface area contributed by atoms with Crippen LogP contribution in [0.4, 0.5) is 4.79 Å². The van der Waals surface area contributed by atoms with E-state index in [4.69, 9.17) is 0 Å². The van der Waals surface area contributed by atoms with Crippen LogP contribution in [0.2, 0.25) is 0 Å². The Morgan fingerprint density at radius 3 is 2.59 bits per heavy atom. The molecule has 0 spiro atoms. The molecule has 0 bridgehead atoms. The highest BCUT2D eigenvalue weighted by Gasteiger charge is 2.64. The van der Waals surface area contributed by atoms with Crippen LogP contribution in [0.15, 0.2) is 36.5 Å². The molecule has 1 saturated heterocycles. The number of imide groups is 1. The minimum absolute atomic E-state index is 0.00427. The van der Waals surface area contributed by atoms with Crippen molar-refractivity contribution in [3.8, 4) is 5.69 Å². The number of carbonyl (C=O) groups excluding carboxylic acids is 3. The summed E-state index contributed by atoms with van der Waals surface area (Å²) in [6.07, 6.45) is 2.16. The molecule has 9 heteroatoms. The number of hydrogen-bond donors (Lipinski definition) is 3. The van der Waals surface area contributed by atoms with Crippen LogP contribution in [-0.2, 0) is 4.79 Å². The van der Waals surface area contributed by atoms with Crippen LogP contribution in [0.25, 0.3) is 5.69 Å². The number of nitrogens with zero attached hydrogens (tertiary/aromatic N) is 3. The van der Waals surface area contributed by atoms with E-state index < -0.39 is 23.4 Å². The van der Waals surface area contributed by atoms with Gasteiger partial charge in [-0.1, -0.05) is 32.0 Å². The van der Waals surface area contributed by atoms with Gasteiger partial charge in [0.1, 0.15) is 5.54 Å². The Morgan fingerprint density at radius 2 is 2.00 bits per heavy atom. The van der Waals surface area contributed by atoms with Gasteiger partial charge in [0.05, 0.1) is 18.4 Å². The van der Waals surface area contributed by atoms with E-state index in [-0.39, 0.29) is 23.6 Å². The second-order valence-electron chi connectivity index (χ2n) is 7.66. The molecule has 2 aliphatic rings. The third-order valence-electron chi connectivity index (χ3n) is 5.32. The molecule has 0 radical (unpaired) electrons. The predicted molar refractivity (Wildman–Crippen MR) is 95.0 cm³/mol. The Balaban J connectivity index is 1.49. The second-order valence-corrected chi connectivity index (χ2v) is 7.66. The van der Waals surface area contributed by atoms with E-state index in [9.17, 15) is 14.4 Å². The first-order valence-corrected chi connectivity index (χ1v) is 8.71. The number of nitrogens with one attached hydrogen (secondary N) is 3. The molecule has 1 aromatic heterocycles. The lowest BCUT2D eigenvalue weighted by molar-refractivity contribution is -0.124. The summed E-state index contributed by atoms with van der Waals surface area (Å²) in [7, 11) is 0. The van der Waals surface area contributed by atoms with Crippen LogP contribution in [-0.4, -0.2) is 44.9 Å². The van der Waals surface area contributed by atoms with Crippen molar-refractivity contribution in [3.05, 3.63) is 42.2 Å². The normalized spacial score (nSPS) is 25.6. The summed E-state index contributed by atoms with van der Waals surface area (Å²) in [4.78, 5) is 38.0. The van der Waals surface area contributed by atoms with E-state index in [1.54, 1.807) is 0 Å². The monoisotopic (exact) mass is 368 g/mol. The number of rotatable bonds is 5. The molecule has 9 nitrogen and oxygen atoms in total. The number of amides is 4. The van der Waals surface area contributed by atoms with Gasteiger partial charge in [0.25, 0.3) is 11.8 Å². The Kier molecular flexibility index (Phi) is 3.76. The smallest absolute Gasteiger partial charge is 0.322 e. The molecule has 140 valence electrons. The zero-order chi connectivity index (χ0) is 19.2. The van der Waals surface area contributed by atoms with Crippen LogP contribution < -0.4 is 16.0 Å². The Hall–Kier alpha value is -3.23. The molecule has 3 N–H and O–H groups in total. The maximum absolute atomic E-state index is 12.5. The fourth-order valence-corrected chi connectivity index (χ4v) is 3.67. The van der Waals surface area contributed by atoms with E-state index in [0.29, 0.717) is 0 Å². The largest absolute Gasteiger partial charge is 0.348 e. The summed E-state index contributed by atoms with van der Waals surface area (Å²) < 4.78 is 0. The van der Waals surface area contributed by atoms with Crippen molar-refractivity contribution < 1.29 is 14.4 Å². The Bertz CT molecular complexity index is 922. The zero-order valence-electron chi connectivity index (χ0n) is 15.0. The molecule has 2 atom stereocenters. The SMILES string of the molecule is CC1(C)C[C@H]1C1(CNC(=O)c2cnn(-c3ccccc3)n2)NC(=O)NC1=O. The molecule has 4 rings (SSSR count). The number of para-hydroxylation sites is 1. The first-order valence-electron chi connectivity index (χ1n) is 8.71. The first-order chi connectivity index (χ1) is 12.8. The van der Waals surface area contributed by atoms with Gasteiger partial charge >= 0.3 is 6.03 Å². The average molecular weight is 368 g/mol. The maximum Gasteiger partial charge on any atom is 0.322 e. The van der Waals surface area contributed by atoms with Crippen molar-refractivity contribution >= 4 is 17.8 Å². The average Bonchev–Trinajstić information content (AvgIpc) is 3.00. The van der Waals surface area contributed by atoms with Crippen molar-refractivity contribution in [1.82, 2.24) is 30.9 Å². The van der Waals surface area contributed by atoms with Crippen molar-refractivity contribution in [2.24, 2.45) is 11.3 Å². The number of carbonyl (C=O) groups is 3. The summed E-state index contributed by atoms with van der Waals surface area (Å²) in [5.41, 5.74) is -0.342.